The number of H-pyrrole nitrogens is 1. The van der Waals surface area contributed by atoms with Gasteiger partial charge in [0.25, 0.3) is 0 Å². The second-order valence-electron chi connectivity index (χ2n) is 3.64. The molecule has 0 spiro atoms. The minimum Gasteiger partial charge on any atom is -0.308 e. The van der Waals surface area contributed by atoms with E-state index in [1.54, 1.807) is 24.3 Å². The summed E-state index contributed by atoms with van der Waals surface area (Å²) in [5.74, 6) is 0.449. The standard InChI is InChI=1S/C11H10Cl2N4O/c1-6-4-10(17-16-6)15-11(18)14-7-2-3-8(12)9(13)5-7/h2-5H,1H3,(H3,14,15,16,17,18). The maximum Gasteiger partial charge on any atom is 0.324 e. The Hall–Kier alpha value is -1.72. The highest BCUT2D eigenvalue weighted by atomic mass is 35.5. The first-order valence-corrected chi connectivity index (χ1v) is 5.85. The Balaban J connectivity index is 2.00. The first kappa shape index (κ1) is 12.7. The average molecular weight is 285 g/mol. The molecule has 1 aromatic carbocycles. The van der Waals surface area contributed by atoms with Crippen LogP contribution < -0.4 is 10.6 Å². The van der Waals surface area contributed by atoms with Gasteiger partial charge in [-0.25, -0.2) is 4.79 Å². The predicted octanol–water partition coefficient (Wildman–Crippen LogP) is 3.67. The second kappa shape index (κ2) is 5.29. The maximum atomic E-state index is 11.6. The van der Waals surface area contributed by atoms with Crippen LogP contribution >= 0.6 is 23.2 Å². The van der Waals surface area contributed by atoms with Gasteiger partial charge in [0.2, 0.25) is 0 Å². The molecule has 0 saturated heterocycles. The van der Waals surface area contributed by atoms with Crippen LogP contribution in [0.4, 0.5) is 16.3 Å². The lowest BCUT2D eigenvalue weighted by Gasteiger charge is -2.06. The lowest BCUT2D eigenvalue weighted by atomic mass is 10.3. The summed E-state index contributed by atoms with van der Waals surface area (Å²) in [6, 6.07) is 6.15. The van der Waals surface area contributed by atoms with Gasteiger partial charge < -0.3 is 5.32 Å². The molecule has 0 fully saturated rings. The second-order valence-corrected chi connectivity index (χ2v) is 4.46. The monoisotopic (exact) mass is 284 g/mol. The molecule has 3 N–H and O–H groups in total. The number of benzene rings is 1. The van der Waals surface area contributed by atoms with Gasteiger partial charge in [0.1, 0.15) is 0 Å². The number of amides is 2. The van der Waals surface area contributed by atoms with E-state index in [0.717, 1.165) is 5.69 Å². The smallest absolute Gasteiger partial charge is 0.308 e. The summed E-state index contributed by atoms with van der Waals surface area (Å²) < 4.78 is 0. The largest absolute Gasteiger partial charge is 0.324 e. The summed E-state index contributed by atoms with van der Waals surface area (Å²) in [6.45, 7) is 1.84. The van der Waals surface area contributed by atoms with Crippen molar-refractivity contribution in [2.75, 3.05) is 10.6 Å². The minimum atomic E-state index is -0.403. The van der Waals surface area contributed by atoms with Crippen molar-refractivity contribution in [1.82, 2.24) is 10.2 Å². The van der Waals surface area contributed by atoms with Crippen molar-refractivity contribution in [3.8, 4) is 0 Å². The van der Waals surface area contributed by atoms with Gasteiger partial charge in [-0.2, -0.15) is 5.10 Å². The molecular formula is C11H10Cl2N4O. The third kappa shape index (κ3) is 3.15. The lowest BCUT2D eigenvalue weighted by Crippen LogP contribution is -2.19. The highest BCUT2D eigenvalue weighted by molar-refractivity contribution is 6.42. The van der Waals surface area contributed by atoms with Gasteiger partial charge in [-0.05, 0) is 25.1 Å². The molecule has 0 unspecified atom stereocenters. The van der Waals surface area contributed by atoms with Crippen LogP contribution in [0.1, 0.15) is 5.69 Å². The van der Waals surface area contributed by atoms with Gasteiger partial charge >= 0.3 is 6.03 Å². The number of urea groups is 1. The topological polar surface area (TPSA) is 69.8 Å². The number of carbonyl (C=O) groups is 1. The van der Waals surface area contributed by atoms with Crippen molar-refractivity contribution < 1.29 is 4.79 Å². The summed E-state index contributed by atoms with van der Waals surface area (Å²) in [4.78, 5) is 11.6. The van der Waals surface area contributed by atoms with Crippen molar-refractivity contribution in [2.24, 2.45) is 0 Å². The van der Waals surface area contributed by atoms with Crippen molar-refractivity contribution in [3.63, 3.8) is 0 Å². The molecule has 94 valence electrons. The van der Waals surface area contributed by atoms with Gasteiger partial charge in [0.15, 0.2) is 5.82 Å². The Morgan fingerprint density at radius 1 is 1.22 bits per heavy atom. The lowest BCUT2D eigenvalue weighted by molar-refractivity contribution is 0.262. The highest BCUT2D eigenvalue weighted by Gasteiger charge is 2.06. The van der Waals surface area contributed by atoms with E-state index in [0.29, 0.717) is 21.6 Å². The Labute approximate surface area is 113 Å². The molecule has 1 aromatic heterocycles. The molecule has 0 saturated carbocycles. The molecular weight excluding hydrogens is 275 g/mol. The van der Waals surface area contributed by atoms with Gasteiger partial charge in [0.05, 0.1) is 10.0 Å². The van der Waals surface area contributed by atoms with E-state index in [1.807, 2.05) is 6.92 Å². The van der Waals surface area contributed by atoms with Crippen LogP contribution in [-0.2, 0) is 0 Å². The molecule has 1 heterocycles. The molecule has 0 aliphatic carbocycles. The third-order valence-corrected chi connectivity index (χ3v) is 2.86. The highest BCUT2D eigenvalue weighted by Crippen LogP contribution is 2.25. The number of hydrogen-bond acceptors (Lipinski definition) is 2. The molecule has 0 radical (unpaired) electrons. The summed E-state index contributed by atoms with van der Waals surface area (Å²) in [7, 11) is 0. The number of anilines is 2. The van der Waals surface area contributed by atoms with E-state index in [1.165, 1.54) is 0 Å². The van der Waals surface area contributed by atoms with Crippen molar-refractivity contribution in [2.45, 2.75) is 6.92 Å². The van der Waals surface area contributed by atoms with E-state index < -0.39 is 6.03 Å². The molecule has 2 amide bonds. The summed E-state index contributed by atoms with van der Waals surface area (Å²) in [5, 5.41) is 12.6. The van der Waals surface area contributed by atoms with Crippen LogP contribution in [0.15, 0.2) is 24.3 Å². The zero-order valence-electron chi connectivity index (χ0n) is 9.42. The molecule has 2 rings (SSSR count). The fourth-order valence-electron chi connectivity index (χ4n) is 1.33. The number of aromatic amines is 1. The zero-order chi connectivity index (χ0) is 13.1. The van der Waals surface area contributed by atoms with Crippen LogP contribution in [0.5, 0.6) is 0 Å². The van der Waals surface area contributed by atoms with Gasteiger partial charge in [-0.15, -0.1) is 0 Å². The zero-order valence-corrected chi connectivity index (χ0v) is 10.9. The Morgan fingerprint density at radius 3 is 2.61 bits per heavy atom. The van der Waals surface area contributed by atoms with Crippen LogP contribution in [0.3, 0.4) is 0 Å². The molecule has 2 aromatic rings. The Bertz CT molecular complexity index is 582. The number of aryl methyl sites for hydroxylation is 1. The fraction of sp³-hybridized carbons (Fsp3) is 0.0909. The van der Waals surface area contributed by atoms with Crippen LogP contribution in [-0.4, -0.2) is 16.2 Å². The third-order valence-electron chi connectivity index (χ3n) is 2.13. The summed E-state index contributed by atoms with van der Waals surface area (Å²) in [6.07, 6.45) is 0. The number of hydrogen-bond donors (Lipinski definition) is 3. The van der Waals surface area contributed by atoms with E-state index in [4.69, 9.17) is 23.2 Å². The molecule has 0 aliphatic heterocycles. The van der Waals surface area contributed by atoms with E-state index in [2.05, 4.69) is 20.8 Å². The van der Waals surface area contributed by atoms with Crippen molar-refractivity contribution in [1.29, 1.82) is 0 Å². The maximum absolute atomic E-state index is 11.6. The molecule has 18 heavy (non-hydrogen) atoms. The van der Waals surface area contributed by atoms with Gasteiger partial charge in [-0.1, -0.05) is 23.2 Å². The van der Waals surface area contributed by atoms with Crippen molar-refractivity contribution >= 4 is 40.7 Å². The number of rotatable bonds is 2. The summed E-state index contributed by atoms with van der Waals surface area (Å²) in [5.41, 5.74) is 1.41. The minimum absolute atomic E-state index is 0.380. The molecule has 0 bridgehead atoms. The van der Waals surface area contributed by atoms with Crippen LogP contribution in [0.2, 0.25) is 10.0 Å². The summed E-state index contributed by atoms with van der Waals surface area (Å²) >= 11 is 11.6. The van der Waals surface area contributed by atoms with Crippen LogP contribution in [0, 0.1) is 6.92 Å². The average Bonchev–Trinajstić information content (AvgIpc) is 2.69. The van der Waals surface area contributed by atoms with E-state index >= 15 is 0 Å². The molecule has 0 atom stereocenters. The number of nitrogens with zero attached hydrogens (tertiary/aromatic N) is 1. The Kier molecular flexibility index (Phi) is 3.74. The predicted molar refractivity (Wildman–Crippen MR) is 72.4 cm³/mol. The quantitative estimate of drug-likeness (QED) is 0.787. The van der Waals surface area contributed by atoms with Crippen LogP contribution in [0.25, 0.3) is 0 Å². The number of halogens is 2. The number of carbonyl (C=O) groups excluding carboxylic acids is 1. The van der Waals surface area contributed by atoms with E-state index in [9.17, 15) is 4.79 Å². The van der Waals surface area contributed by atoms with E-state index in [-0.39, 0.29) is 0 Å². The molecule has 0 aliphatic rings. The van der Waals surface area contributed by atoms with Crippen molar-refractivity contribution in [3.05, 3.63) is 40.0 Å². The normalized spacial score (nSPS) is 10.2. The van der Waals surface area contributed by atoms with Gasteiger partial charge in [-0.3, -0.25) is 10.4 Å². The Morgan fingerprint density at radius 2 is 2.00 bits per heavy atom. The fourth-order valence-corrected chi connectivity index (χ4v) is 1.63. The number of nitrogens with one attached hydrogen (secondary N) is 3. The SMILES string of the molecule is Cc1cc(NC(=O)Nc2ccc(Cl)c(Cl)c2)n[nH]1. The first-order chi connectivity index (χ1) is 8.54. The first-order valence-electron chi connectivity index (χ1n) is 5.09. The van der Waals surface area contributed by atoms with Gasteiger partial charge in [0, 0.05) is 17.4 Å². The molecule has 5 nitrogen and oxygen atoms in total. The molecule has 7 heteroatoms. The number of aromatic nitrogens is 2.